The summed E-state index contributed by atoms with van der Waals surface area (Å²) in [6.07, 6.45) is 5.61. The molecule has 2 fully saturated rings. The molecular formula is C49H67N9O7. The number of alkyl carbamates (subject to hydrolysis) is 1. The molecule has 4 heterocycles. The standard InChI is InChI=1S/C49H61N9O7.3H2/c1-47(2,3)65-42(59)38(22-14-15-25-50-46(63)64-31-33-16-8-6-9-17-33)54-43(60)48(4,5)40-30-52-41(56-40)39(28-34-29-51-37-21-13-12-20-36(34)37)55-45(62)57-26-23-49(24-27-57)44(61)53-32-58(49)35-18-10-7-11-19-35;;;/h6-13,16-21,29-30,38-39,51H,14-15,22-28,31-32H2,1-5H3,(H,50,63)(H,52,56)(H,53,61)(H,54,60)(H,55,62);3*1H/t38-,39-;;;/m1.../s1. The van der Waals surface area contributed by atoms with Gasteiger partial charge in [-0.05, 0) is 96.0 Å². The first kappa shape index (κ1) is 46.2. The Morgan fingerprint density at radius 2 is 1.58 bits per heavy atom. The third-order valence-electron chi connectivity index (χ3n) is 12.2. The van der Waals surface area contributed by atoms with Crippen LogP contribution in [0.2, 0.25) is 0 Å². The summed E-state index contributed by atoms with van der Waals surface area (Å²) in [4.78, 5) is 82.7. The molecule has 0 aliphatic carbocycles. The van der Waals surface area contributed by atoms with Gasteiger partial charge in [-0.25, -0.2) is 19.4 Å². The van der Waals surface area contributed by atoms with Crippen LogP contribution in [-0.4, -0.2) is 93.2 Å². The minimum atomic E-state index is -1.20. The number of hydrogen-bond donors (Lipinski definition) is 6. The highest BCUT2D eigenvalue weighted by molar-refractivity contribution is 5.94. The minimum absolute atomic E-state index is 0. The second-order valence-corrected chi connectivity index (χ2v) is 18.4. The first-order valence-electron chi connectivity index (χ1n) is 22.4. The Balaban J connectivity index is 0.00000336. The maximum atomic E-state index is 14.2. The van der Waals surface area contributed by atoms with Gasteiger partial charge in [0.25, 0.3) is 0 Å². The molecule has 2 aliphatic rings. The quantitative estimate of drug-likeness (QED) is 0.0436. The normalized spacial score (nSPS) is 15.9. The van der Waals surface area contributed by atoms with Gasteiger partial charge in [-0.1, -0.05) is 66.7 Å². The summed E-state index contributed by atoms with van der Waals surface area (Å²) in [5.41, 5.74) is 1.52. The van der Waals surface area contributed by atoms with Gasteiger partial charge in [0.15, 0.2) is 0 Å². The smallest absolute Gasteiger partial charge is 0.407 e. The first-order chi connectivity index (χ1) is 31.1. The number of benzene rings is 3. The van der Waals surface area contributed by atoms with E-state index in [-0.39, 0.29) is 29.2 Å². The molecule has 0 saturated carbocycles. The molecule has 16 nitrogen and oxygen atoms in total. The number of piperidine rings is 1. The van der Waals surface area contributed by atoms with Crippen molar-refractivity contribution in [1.29, 1.82) is 0 Å². The van der Waals surface area contributed by atoms with Crippen LogP contribution in [0.4, 0.5) is 15.3 Å². The predicted octanol–water partition coefficient (Wildman–Crippen LogP) is 7.25. The van der Waals surface area contributed by atoms with E-state index in [0.29, 0.717) is 69.9 Å². The summed E-state index contributed by atoms with van der Waals surface area (Å²) in [6, 6.07) is 25.3. The molecule has 2 aromatic heterocycles. The fraction of sp³-hybridized carbons (Fsp3) is 0.429. The number of aromatic amines is 2. The molecular weight excluding hydrogens is 827 g/mol. The number of aromatic nitrogens is 3. The van der Waals surface area contributed by atoms with Crippen LogP contribution >= 0.6 is 0 Å². The van der Waals surface area contributed by atoms with Gasteiger partial charge in [0.2, 0.25) is 11.8 Å². The summed E-state index contributed by atoms with van der Waals surface area (Å²) in [5.74, 6) is -0.561. The number of imidazole rings is 1. The molecule has 5 aromatic rings. The Morgan fingerprint density at radius 1 is 0.892 bits per heavy atom. The zero-order valence-corrected chi connectivity index (χ0v) is 37.9. The topological polar surface area (TPSA) is 203 Å². The molecule has 7 rings (SSSR count). The van der Waals surface area contributed by atoms with Gasteiger partial charge in [0.1, 0.15) is 29.6 Å². The maximum Gasteiger partial charge on any atom is 0.407 e. The Kier molecular flexibility index (Phi) is 14.1. The van der Waals surface area contributed by atoms with Crippen LogP contribution in [0.15, 0.2) is 97.3 Å². The molecule has 16 heteroatoms. The van der Waals surface area contributed by atoms with Crippen molar-refractivity contribution in [2.45, 2.75) is 108 Å². The van der Waals surface area contributed by atoms with Crippen LogP contribution < -0.4 is 26.2 Å². The van der Waals surface area contributed by atoms with Crippen LogP contribution in [0.25, 0.3) is 10.9 Å². The van der Waals surface area contributed by atoms with Crippen molar-refractivity contribution in [1.82, 2.24) is 41.1 Å². The molecule has 350 valence electrons. The van der Waals surface area contributed by atoms with Crippen molar-refractivity contribution >= 4 is 46.5 Å². The number of rotatable bonds is 16. The summed E-state index contributed by atoms with van der Waals surface area (Å²) >= 11 is 0. The van der Waals surface area contributed by atoms with Crippen molar-refractivity contribution in [2.75, 3.05) is 31.2 Å². The number of urea groups is 1. The number of fused-ring (bicyclic) bond motifs is 1. The number of carbonyl (C=O) groups is 5. The highest BCUT2D eigenvalue weighted by Crippen LogP contribution is 2.36. The average molecular weight is 894 g/mol. The number of nitrogens with zero attached hydrogens (tertiary/aromatic N) is 3. The fourth-order valence-electron chi connectivity index (χ4n) is 8.44. The highest BCUT2D eigenvalue weighted by Gasteiger charge is 2.51. The van der Waals surface area contributed by atoms with E-state index in [1.54, 1.807) is 45.7 Å². The average Bonchev–Trinajstić information content (AvgIpc) is 4.03. The Bertz CT molecular complexity index is 2450. The second-order valence-electron chi connectivity index (χ2n) is 18.4. The lowest BCUT2D eigenvalue weighted by atomic mass is 9.85. The van der Waals surface area contributed by atoms with Gasteiger partial charge >= 0.3 is 18.1 Å². The van der Waals surface area contributed by atoms with Gasteiger partial charge in [0.05, 0.1) is 18.1 Å². The van der Waals surface area contributed by atoms with E-state index in [4.69, 9.17) is 14.5 Å². The monoisotopic (exact) mass is 894 g/mol. The van der Waals surface area contributed by atoms with E-state index in [2.05, 4.69) is 36.1 Å². The van der Waals surface area contributed by atoms with E-state index in [1.807, 2.05) is 91.1 Å². The van der Waals surface area contributed by atoms with E-state index in [0.717, 1.165) is 27.7 Å². The van der Waals surface area contributed by atoms with E-state index >= 15 is 0 Å². The van der Waals surface area contributed by atoms with E-state index < -0.39 is 46.6 Å². The molecule has 6 N–H and O–H groups in total. The number of para-hydroxylation sites is 2. The van der Waals surface area contributed by atoms with Crippen molar-refractivity contribution in [3.05, 3.63) is 120 Å². The van der Waals surface area contributed by atoms with Gasteiger partial charge in [-0.15, -0.1) is 0 Å². The maximum absolute atomic E-state index is 14.2. The molecule has 65 heavy (non-hydrogen) atoms. The number of nitrogens with one attached hydrogen (secondary N) is 6. The molecule has 3 aromatic carbocycles. The number of unbranched alkanes of at least 4 members (excludes halogenated alkanes) is 1. The Morgan fingerprint density at radius 3 is 2.31 bits per heavy atom. The molecule has 5 amide bonds. The van der Waals surface area contributed by atoms with Gasteiger partial charge in [0, 0.05) is 65.0 Å². The SMILES string of the molecule is CC(C)(C)OC(=O)[C@@H](CCCCNC(=O)OCc1ccccc1)NC(=O)C(C)(C)c1cnc([C@@H](Cc2c[nH]c3ccccc23)NC(=O)N2CCC3(CC2)C(=O)NCN3c2ccccc2)[nH]1.[HH].[HH].[HH]. The highest BCUT2D eigenvalue weighted by atomic mass is 16.6. The van der Waals surface area contributed by atoms with E-state index in [9.17, 15) is 24.0 Å². The van der Waals surface area contributed by atoms with Gasteiger partial charge in [-0.2, -0.15) is 0 Å². The minimum Gasteiger partial charge on any atom is -0.458 e. The number of likely N-dealkylation sites (tertiary alicyclic amines) is 1. The molecule has 2 atom stereocenters. The predicted molar refractivity (Wildman–Crippen MR) is 253 cm³/mol. The first-order valence-corrected chi connectivity index (χ1v) is 22.4. The van der Waals surface area contributed by atoms with Crippen LogP contribution in [-0.2, 0) is 42.3 Å². The fourth-order valence-corrected chi connectivity index (χ4v) is 8.44. The molecule has 0 radical (unpaired) electrons. The molecule has 2 aliphatic heterocycles. The summed E-state index contributed by atoms with van der Waals surface area (Å²) in [6.45, 7) is 10.4. The number of anilines is 1. The largest absolute Gasteiger partial charge is 0.458 e. The van der Waals surface area contributed by atoms with Crippen molar-refractivity contribution in [3.63, 3.8) is 0 Å². The number of H-pyrrole nitrogens is 2. The lowest BCUT2D eigenvalue weighted by Gasteiger charge is -2.43. The molecule has 0 unspecified atom stereocenters. The number of carbonyl (C=O) groups excluding carboxylic acids is 5. The zero-order valence-electron chi connectivity index (χ0n) is 37.9. The zero-order chi connectivity index (χ0) is 46.2. The van der Waals surface area contributed by atoms with E-state index in [1.165, 1.54) is 0 Å². The van der Waals surface area contributed by atoms with Gasteiger partial charge in [-0.3, -0.25) is 9.59 Å². The van der Waals surface area contributed by atoms with Crippen LogP contribution in [0, 0.1) is 0 Å². The second kappa shape index (κ2) is 19.9. The number of amides is 5. The van der Waals surface area contributed by atoms with Gasteiger partial charge < -0.3 is 50.5 Å². The third kappa shape index (κ3) is 11.1. The molecule has 2 saturated heterocycles. The number of ether oxygens (including phenoxy) is 2. The van der Waals surface area contributed by atoms with Crippen molar-refractivity contribution in [2.24, 2.45) is 0 Å². The van der Waals surface area contributed by atoms with Crippen LogP contribution in [0.1, 0.15) is 99.7 Å². The Labute approximate surface area is 384 Å². The summed E-state index contributed by atoms with van der Waals surface area (Å²) in [5, 5.41) is 12.9. The number of hydrogen-bond acceptors (Lipinski definition) is 9. The lowest BCUT2D eigenvalue weighted by molar-refractivity contribution is -0.159. The molecule has 1 spiro atoms. The number of esters is 1. The summed E-state index contributed by atoms with van der Waals surface area (Å²) in [7, 11) is 0. The lowest BCUT2D eigenvalue weighted by Crippen LogP contribution is -2.58. The van der Waals surface area contributed by atoms with Crippen molar-refractivity contribution in [3.8, 4) is 0 Å². The summed E-state index contributed by atoms with van der Waals surface area (Å²) < 4.78 is 11.0. The third-order valence-corrected chi connectivity index (χ3v) is 12.2. The Hall–Kier alpha value is -6.84. The van der Waals surface area contributed by atoms with Crippen molar-refractivity contribution < 1.29 is 37.7 Å². The molecule has 0 bridgehead atoms. The van der Waals surface area contributed by atoms with Crippen LogP contribution in [0.5, 0.6) is 0 Å². The van der Waals surface area contributed by atoms with Crippen LogP contribution in [0.3, 0.4) is 0 Å².